The monoisotopic (exact) mass is 118 g/mol. The average Bonchev–Trinajstić information content (AvgIpc) is 0.811. The summed E-state index contributed by atoms with van der Waals surface area (Å²) in [6.07, 6.45) is 0. The molecule has 0 saturated heterocycles. The van der Waals surface area contributed by atoms with Crippen molar-refractivity contribution in [1.82, 2.24) is 0 Å². The molecule has 0 radical (unpaired) electrons. The van der Waals surface area contributed by atoms with Gasteiger partial charge in [-0.3, -0.25) is 7.32 Å². The van der Waals surface area contributed by atoms with Crippen LogP contribution in [-0.2, 0) is 16.8 Å². The molecule has 0 saturated carbocycles. The Bertz CT molecular complexity index is 11.6. The molecule has 0 atom stereocenters. The smallest absolute Gasteiger partial charge is 0.907 e. The largest absolute Gasteiger partial charge is 3.00 e. The Morgan fingerprint density at radius 2 is 1.00 bits per heavy atom. The maximum atomic E-state index is 8.42. The first-order chi connectivity index (χ1) is 1.73. The summed E-state index contributed by atoms with van der Waals surface area (Å²) < 4.78 is 0. The fraction of sp³-hybridized carbons (Fsp3) is 0. The van der Waals surface area contributed by atoms with Crippen molar-refractivity contribution in [1.29, 1.82) is 0 Å². The number of hydrogen-bond donors (Lipinski definition) is 0. The van der Waals surface area contributed by atoms with Crippen LogP contribution in [0.25, 0.3) is 0 Å². The van der Waals surface area contributed by atoms with Gasteiger partial charge in [0.1, 0.15) is 0 Å². The fourth-order valence-corrected chi connectivity index (χ4v) is 0. The summed E-state index contributed by atoms with van der Waals surface area (Å²) in [6, 6.07) is 0. The Labute approximate surface area is 40.0 Å². The zero-order valence-corrected chi connectivity index (χ0v) is 3.18. The topological polar surface area (TPSA) is 69.2 Å². The Balaban J connectivity index is 0. The summed E-state index contributed by atoms with van der Waals surface area (Å²) in [5.74, 6) is 0. The molecule has 0 fully saturated rings. The molecule has 0 aliphatic rings. The van der Waals surface area contributed by atoms with Crippen LogP contribution in [0, 0.1) is 0 Å². The minimum atomic E-state index is -2.92. The van der Waals surface area contributed by atoms with Crippen LogP contribution >= 0.6 is 0 Å². The molecule has 0 amide bonds. The fourth-order valence-electron chi connectivity index (χ4n) is 0. The van der Waals surface area contributed by atoms with Crippen molar-refractivity contribution in [2.24, 2.45) is 0 Å². The van der Waals surface area contributed by atoms with Crippen molar-refractivity contribution in [2.45, 2.75) is 0 Å². The molecule has 0 aromatic carbocycles. The normalized spacial score (nSPS) is 5.40. The van der Waals surface area contributed by atoms with Gasteiger partial charge in [-0.15, -0.1) is 0 Å². The summed E-state index contributed by atoms with van der Waals surface area (Å²) >= 11 is 0. The van der Waals surface area contributed by atoms with Gasteiger partial charge in [-0.25, -0.2) is 0 Å². The van der Waals surface area contributed by atoms with Gasteiger partial charge in [0.15, 0.2) is 0 Å². The summed E-state index contributed by atoms with van der Waals surface area (Å²) in [5.41, 5.74) is 0. The molecule has 0 rings (SSSR count). The van der Waals surface area contributed by atoms with E-state index < -0.39 is 7.32 Å². The number of rotatable bonds is 0. The van der Waals surface area contributed by atoms with Gasteiger partial charge in [0.05, 0.1) is 0 Å². The Morgan fingerprint density at radius 3 is 1.00 bits per heavy atom. The standard InChI is InChI=1S/BO3.Co/c2-1(3)4;/q-3;+3. The van der Waals surface area contributed by atoms with E-state index in [9.17, 15) is 0 Å². The van der Waals surface area contributed by atoms with E-state index in [-0.39, 0.29) is 16.8 Å². The van der Waals surface area contributed by atoms with Crippen LogP contribution in [0.2, 0.25) is 0 Å². The van der Waals surface area contributed by atoms with E-state index in [1.165, 1.54) is 0 Å². The molecule has 5 heavy (non-hydrogen) atoms. The molecule has 0 aliphatic carbocycles. The summed E-state index contributed by atoms with van der Waals surface area (Å²) in [5, 5.41) is 25.2. The third-order valence-corrected chi connectivity index (χ3v) is 0. The molecule has 5 heteroatoms. The molecular weight excluding hydrogens is 118 g/mol. The first-order valence-electron chi connectivity index (χ1n) is 0.707. The molecule has 0 aromatic rings. The molecular formula is BCoO3. The van der Waals surface area contributed by atoms with Gasteiger partial charge in [0.2, 0.25) is 0 Å². The second-order valence-electron chi connectivity index (χ2n) is 0.289. The summed E-state index contributed by atoms with van der Waals surface area (Å²) in [4.78, 5) is 0. The maximum Gasteiger partial charge on any atom is 3.00 e. The minimum absolute atomic E-state index is 0. The molecule has 0 heterocycles. The second-order valence-corrected chi connectivity index (χ2v) is 0.289. The first-order valence-corrected chi connectivity index (χ1v) is 0.707. The van der Waals surface area contributed by atoms with Crippen LogP contribution in [0.3, 0.4) is 0 Å². The third kappa shape index (κ3) is 131. The molecule has 0 aromatic heterocycles. The van der Waals surface area contributed by atoms with Gasteiger partial charge >= 0.3 is 16.8 Å². The Kier molecular flexibility index (Phi) is 8.07. The molecule has 0 bridgehead atoms. The summed E-state index contributed by atoms with van der Waals surface area (Å²) in [7, 11) is -2.92. The van der Waals surface area contributed by atoms with Gasteiger partial charge in [-0.05, 0) is 0 Å². The predicted molar refractivity (Wildman–Crippen MR) is 5.75 cm³/mol. The van der Waals surface area contributed by atoms with E-state index >= 15 is 0 Å². The van der Waals surface area contributed by atoms with Crippen molar-refractivity contribution < 1.29 is 31.9 Å². The van der Waals surface area contributed by atoms with Crippen molar-refractivity contribution >= 4 is 7.32 Å². The van der Waals surface area contributed by atoms with E-state index in [4.69, 9.17) is 15.1 Å². The second kappa shape index (κ2) is 4.45. The van der Waals surface area contributed by atoms with E-state index in [2.05, 4.69) is 0 Å². The van der Waals surface area contributed by atoms with Gasteiger partial charge in [0, 0.05) is 0 Å². The first kappa shape index (κ1) is 9.07. The zero-order valence-electron chi connectivity index (χ0n) is 2.14. The van der Waals surface area contributed by atoms with Crippen LogP contribution in [-0.4, -0.2) is 7.32 Å². The molecule has 30 valence electrons. The maximum absolute atomic E-state index is 8.42. The van der Waals surface area contributed by atoms with Crippen LogP contribution in [0.15, 0.2) is 0 Å². The number of hydrogen-bond acceptors (Lipinski definition) is 3. The van der Waals surface area contributed by atoms with Crippen molar-refractivity contribution in [3.8, 4) is 0 Å². The van der Waals surface area contributed by atoms with Crippen LogP contribution in [0.1, 0.15) is 0 Å². The predicted octanol–water partition coefficient (Wildman–Crippen LogP) is -3.95. The van der Waals surface area contributed by atoms with Crippen molar-refractivity contribution in [3.05, 3.63) is 0 Å². The van der Waals surface area contributed by atoms with Gasteiger partial charge < -0.3 is 15.1 Å². The van der Waals surface area contributed by atoms with E-state index in [1.54, 1.807) is 0 Å². The quantitative estimate of drug-likeness (QED) is 0.304. The van der Waals surface area contributed by atoms with E-state index in [1.807, 2.05) is 0 Å². The van der Waals surface area contributed by atoms with Gasteiger partial charge in [0.25, 0.3) is 0 Å². The van der Waals surface area contributed by atoms with Crippen LogP contribution < -0.4 is 15.1 Å². The zero-order chi connectivity index (χ0) is 3.58. The Hall–Kier alpha value is 0.451. The van der Waals surface area contributed by atoms with Crippen LogP contribution in [0.4, 0.5) is 0 Å². The van der Waals surface area contributed by atoms with E-state index in [0.29, 0.717) is 0 Å². The SMILES string of the molecule is [Co+3].[O-]B([O-])[O-]. The van der Waals surface area contributed by atoms with Crippen molar-refractivity contribution in [2.75, 3.05) is 0 Å². The molecule has 0 aliphatic heterocycles. The third-order valence-electron chi connectivity index (χ3n) is 0. The average molecular weight is 118 g/mol. The molecule has 0 spiro atoms. The molecule has 0 N–H and O–H groups in total. The van der Waals surface area contributed by atoms with Gasteiger partial charge in [-0.2, -0.15) is 0 Å². The van der Waals surface area contributed by atoms with Gasteiger partial charge in [-0.1, -0.05) is 0 Å². The molecule has 0 unspecified atom stereocenters. The minimum Gasteiger partial charge on any atom is -0.907 e. The summed E-state index contributed by atoms with van der Waals surface area (Å²) in [6.45, 7) is 0. The Morgan fingerprint density at radius 1 is 1.00 bits per heavy atom. The van der Waals surface area contributed by atoms with E-state index in [0.717, 1.165) is 0 Å². The molecule has 3 nitrogen and oxygen atoms in total. The van der Waals surface area contributed by atoms with Crippen molar-refractivity contribution in [3.63, 3.8) is 0 Å². The van der Waals surface area contributed by atoms with Crippen LogP contribution in [0.5, 0.6) is 0 Å².